The molecule has 1 aromatic rings. The van der Waals surface area contributed by atoms with E-state index >= 15 is 0 Å². The molecular weight excluding hydrogens is 142 g/mol. The Balaban J connectivity index is 2.69. The van der Waals surface area contributed by atoms with E-state index in [1.807, 2.05) is 0 Å². The Kier molecular flexibility index (Phi) is 2.68. The van der Waals surface area contributed by atoms with Gasteiger partial charge in [0.05, 0.1) is 5.56 Å². The number of ketones is 1. The van der Waals surface area contributed by atoms with Gasteiger partial charge in [-0.05, 0) is 6.54 Å². The van der Waals surface area contributed by atoms with Gasteiger partial charge >= 0.3 is 0 Å². The smallest absolute Gasteiger partial charge is 0.167 e. The summed E-state index contributed by atoms with van der Waals surface area (Å²) in [4.78, 5) is 18.5. The first-order valence-corrected chi connectivity index (χ1v) is 3.33. The second kappa shape index (κ2) is 3.78. The van der Waals surface area contributed by atoms with Crippen molar-refractivity contribution in [1.29, 1.82) is 0 Å². The molecule has 0 unspecified atom stereocenters. The topological polar surface area (TPSA) is 68.9 Å². The Bertz CT molecular complexity index is 235. The van der Waals surface area contributed by atoms with Crippen molar-refractivity contribution in [3.8, 4) is 0 Å². The first kappa shape index (κ1) is 7.81. The number of rotatable bonds is 3. The zero-order chi connectivity index (χ0) is 8.10. The number of carbonyl (C=O) groups is 1. The van der Waals surface area contributed by atoms with Crippen molar-refractivity contribution in [1.82, 2.24) is 9.97 Å². The molecule has 0 bridgehead atoms. The van der Waals surface area contributed by atoms with Crippen LogP contribution < -0.4 is 5.73 Å². The van der Waals surface area contributed by atoms with Crippen LogP contribution in [0.1, 0.15) is 16.8 Å². The summed E-state index contributed by atoms with van der Waals surface area (Å²) in [5, 5.41) is 0. The van der Waals surface area contributed by atoms with Gasteiger partial charge in [-0.15, -0.1) is 0 Å². The molecule has 2 N–H and O–H groups in total. The summed E-state index contributed by atoms with van der Waals surface area (Å²) >= 11 is 0. The van der Waals surface area contributed by atoms with E-state index in [1.54, 1.807) is 0 Å². The quantitative estimate of drug-likeness (QED) is 0.618. The molecule has 0 aliphatic rings. The van der Waals surface area contributed by atoms with Gasteiger partial charge in [-0.25, -0.2) is 9.97 Å². The Hall–Kier alpha value is -1.29. The van der Waals surface area contributed by atoms with Crippen molar-refractivity contribution in [3.63, 3.8) is 0 Å². The molecule has 0 saturated carbocycles. The van der Waals surface area contributed by atoms with Gasteiger partial charge in [0, 0.05) is 18.8 Å². The second-order valence-corrected chi connectivity index (χ2v) is 2.09. The molecule has 0 amide bonds. The zero-order valence-electron chi connectivity index (χ0n) is 6.03. The lowest BCUT2D eigenvalue weighted by atomic mass is 10.2. The van der Waals surface area contributed by atoms with Gasteiger partial charge in [0.1, 0.15) is 6.33 Å². The largest absolute Gasteiger partial charge is 0.330 e. The summed E-state index contributed by atoms with van der Waals surface area (Å²) in [6, 6.07) is 0. The minimum atomic E-state index is -0.00639. The molecule has 0 radical (unpaired) electrons. The predicted molar refractivity (Wildman–Crippen MR) is 40.0 cm³/mol. The van der Waals surface area contributed by atoms with Crippen LogP contribution in [0.4, 0.5) is 0 Å². The minimum Gasteiger partial charge on any atom is -0.330 e. The van der Waals surface area contributed by atoms with E-state index in [4.69, 9.17) is 5.73 Å². The van der Waals surface area contributed by atoms with Gasteiger partial charge in [0.15, 0.2) is 5.78 Å². The van der Waals surface area contributed by atoms with E-state index in [0.29, 0.717) is 18.5 Å². The van der Waals surface area contributed by atoms with Gasteiger partial charge in [-0.2, -0.15) is 0 Å². The van der Waals surface area contributed by atoms with E-state index in [9.17, 15) is 4.79 Å². The highest BCUT2D eigenvalue weighted by atomic mass is 16.1. The first-order valence-electron chi connectivity index (χ1n) is 3.33. The Morgan fingerprint density at radius 2 is 2.09 bits per heavy atom. The number of hydrogen-bond donors (Lipinski definition) is 1. The van der Waals surface area contributed by atoms with Gasteiger partial charge in [0.25, 0.3) is 0 Å². The highest BCUT2D eigenvalue weighted by molar-refractivity contribution is 5.95. The zero-order valence-corrected chi connectivity index (χ0v) is 6.03. The summed E-state index contributed by atoms with van der Waals surface area (Å²) < 4.78 is 0. The highest BCUT2D eigenvalue weighted by Gasteiger charge is 2.02. The van der Waals surface area contributed by atoms with Crippen LogP contribution in [0, 0.1) is 0 Å². The molecule has 0 atom stereocenters. The third kappa shape index (κ3) is 2.09. The highest BCUT2D eigenvalue weighted by Crippen LogP contribution is 1.96. The predicted octanol–water partition coefficient (Wildman–Crippen LogP) is 0.00810. The maximum absolute atomic E-state index is 11.1. The summed E-state index contributed by atoms with van der Waals surface area (Å²) in [5.74, 6) is -0.00639. The number of nitrogens with zero attached hydrogens (tertiary/aromatic N) is 2. The second-order valence-electron chi connectivity index (χ2n) is 2.09. The summed E-state index contributed by atoms with van der Waals surface area (Å²) in [7, 11) is 0. The molecule has 1 aromatic heterocycles. The number of nitrogens with two attached hydrogens (primary N) is 1. The SMILES string of the molecule is NCCC(=O)c1cncnc1. The number of hydrogen-bond acceptors (Lipinski definition) is 4. The van der Waals surface area contributed by atoms with Crippen molar-refractivity contribution in [2.75, 3.05) is 6.54 Å². The van der Waals surface area contributed by atoms with Crippen LogP contribution in [0.2, 0.25) is 0 Å². The normalized spacial score (nSPS) is 9.55. The molecule has 1 heterocycles. The summed E-state index contributed by atoms with van der Waals surface area (Å²) in [6.07, 6.45) is 4.72. The maximum atomic E-state index is 11.1. The average molecular weight is 151 g/mol. The molecule has 0 aliphatic heterocycles. The van der Waals surface area contributed by atoms with Crippen LogP contribution >= 0.6 is 0 Å². The van der Waals surface area contributed by atoms with Crippen molar-refractivity contribution < 1.29 is 4.79 Å². The standard InChI is InChI=1S/C7H9N3O/c8-2-1-7(11)6-3-9-5-10-4-6/h3-5H,1-2,8H2. The van der Waals surface area contributed by atoms with E-state index in [2.05, 4.69) is 9.97 Å². The fourth-order valence-corrected chi connectivity index (χ4v) is 0.719. The van der Waals surface area contributed by atoms with E-state index in [1.165, 1.54) is 18.7 Å². The fourth-order valence-electron chi connectivity index (χ4n) is 0.719. The van der Waals surface area contributed by atoms with Crippen LogP contribution in [-0.2, 0) is 0 Å². The van der Waals surface area contributed by atoms with Crippen molar-refractivity contribution in [2.24, 2.45) is 5.73 Å². The molecule has 11 heavy (non-hydrogen) atoms. The Morgan fingerprint density at radius 1 is 1.45 bits per heavy atom. The lowest BCUT2D eigenvalue weighted by molar-refractivity contribution is 0.0984. The average Bonchev–Trinajstić information content (AvgIpc) is 2.07. The van der Waals surface area contributed by atoms with E-state index in [-0.39, 0.29) is 5.78 Å². The van der Waals surface area contributed by atoms with Gasteiger partial charge in [0.2, 0.25) is 0 Å². The molecule has 4 heteroatoms. The van der Waals surface area contributed by atoms with Crippen LogP contribution in [0.5, 0.6) is 0 Å². The van der Waals surface area contributed by atoms with E-state index in [0.717, 1.165) is 0 Å². The van der Waals surface area contributed by atoms with Crippen molar-refractivity contribution >= 4 is 5.78 Å². The van der Waals surface area contributed by atoms with Gasteiger partial charge < -0.3 is 5.73 Å². The van der Waals surface area contributed by atoms with Crippen LogP contribution in [0.25, 0.3) is 0 Å². The van der Waals surface area contributed by atoms with Crippen LogP contribution in [0.15, 0.2) is 18.7 Å². The van der Waals surface area contributed by atoms with Crippen LogP contribution in [0.3, 0.4) is 0 Å². The molecule has 0 fully saturated rings. The monoisotopic (exact) mass is 151 g/mol. The molecular formula is C7H9N3O. The van der Waals surface area contributed by atoms with Gasteiger partial charge in [-0.3, -0.25) is 4.79 Å². The maximum Gasteiger partial charge on any atom is 0.167 e. The number of aromatic nitrogens is 2. The fraction of sp³-hybridized carbons (Fsp3) is 0.286. The molecule has 0 spiro atoms. The lowest BCUT2D eigenvalue weighted by Crippen LogP contribution is -2.08. The van der Waals surface area contributed by atoms with Crippen molar-refractivity contribution in [3.05, 3.63) is 24.3 Å². The Morgan fingerprint density at radius 3 is 2.64 bits per heavy atom. The van der Waals surface area contributed by atoms with Crippen LogP contribution in [-0.4, -0.2) is 22.3 Å². The summed E-state index contributed by atoms with van der Waals surface area (Å²) in [6.45, 7) is 0.369. The molecule has 0 saturated heterocycles. The number of Topliss-reactive ketones (excluding diaryl/α,β-unsaturated/α-hetero) is 1. The summed E-state index contributed by atoms with van der Waals surface area (Å²) in [5.41, 5.74) is 5.73. The third-order valence-electron chi connectivity index (χ3n) is 1.25. The number of carbonyl (C=O) groups excluding carboxylic acids is 1. The third-order valence-corrected chi connectivity index (χ3v) is 1.25. The molecule has 1 rings (SSSR count). The molecule has 0 aromatic carbocycles. The van der Waals surface area contributed by atoms with Crippen molar-refractivity contribution in [2.45, 2.75) is 6.42 Å². The minimum absolute atomic E-state index is 0.00639. The lowest BCUT2D eigenvalue weighted by Gasteiger charge is -1.94. The van der Waals surface area contributed by atoms with E-state index < -0.39 is 0 Å². The molecule has 58 valence electrons. The first-order chi connectivity index (χ1) is 5.34. The molecule has 4 nitrogen and oxygen atoms in total. The van der Waals surface area contributed by atoms with Gasteiger partial charge in [-0.1, -0.05) is 0 Å². The molecule has 0 aliphatic carbocycles. The Labute approximate surface area is 64.5 Å².